The smallest absolute Gasteiger partial charge is 0.244 e. The lowest BCUT2D eigenvalue weighted by molar-refractivity contribution is 0.0280. The van der Waals surface area contributed by atoms with E-state index in [4.69, 9.17) is 0 Å². The van der Waals surface area contributed by atoms with E-state index < -0.39 is 12.6 Å². The molecule has 0 unspecified atom stereocenters. The van der Waals surface area contributed by atoms with E-state index in [1.807, 2.05) is 0 Å². The molecular weight excluding hydrogens is 105 g/mol. The minimum Gasteiger partial charge on any atom is -0.244 e. The number of rotatable bonds is 2. The average molecular weight is 110 g/mol. The van der Waals surface area contributed by atoms with Gasteiger partial charge in [-0.25, -0.2) is 4.39 Å². The predicted molar refractivity (Wildman–Crippen MR) is 21.1 cm³/mol. The summed E-state index contributed by atoms with van der Waals surface area (Å²) < 4.78 is 33.7. The summed E-state index contributed by atoms with van der Waals surface area (Å²) in [6.07, 6.45) is 0.285. The van der Waals surface area contributed by atoms with Crippen molar-refractivity contribution < 1.29 is 13.2 Å². The van der Waals surface area contributed by atoms with E-state index in [1.54, 1.807) is 0 Å². The maximum absolute atomic E-state index is 11.4. The summed E-state index contributed by atoms with van der Waals surface area (Å²) in [5.74, 6) is -3.32. The Morgan fingerprint density at radius 3 is 2.00 bits per heavy atom. The second kappa shape index (κ2) is 2.00. The standard InChI is InChI=1S/C4H5F3/c1-2-4(6,7)3-5/h2H,1,3H2. The zero-order valence-corrected chi connectivity index (χ0v) is 3.63. The van der Waals surface area contributed by atoms with Crippen molar-refractivity contribution in [3.8, 4) is 0 Å². The molecule has 0 saturated heterocycles. The lowest BCUT2D eigenvalue weighted by Gasteiger charge is -2.01. The summed E-state index contributed by atoms with van der Waals surface area (Å²) in [4.78, 5) is 0. The molecule has 0 heterocycles. The van der Waals surface area contributed by atoms with Crippen molar-refractivity contribution in [2.45, 2.75) is 5.92 Å². The van der Waals surface area contributed by atoms with Gasteiger partial charge in [0.25, 0.3) is 5.92 Å². The fourth-order valence-electron chi connectivity index (χ4n) is 0.0546. The number of allylic oxidation sites excluding steroid dienone is 1. The molecule has 0 nitrogen and oxygen atoms in total. The molecule has 0 amide bonds. The third-order valence-electron chi connectivity index (χ3n) is 0.477. The number of hydrogen-bond acceptors (Lipinski definition) is 0. The molecule has 0 aromatic heterocycles. The van der Waals surface area contributed by atoms with Crippen molar-refractivity contribution >= 4 is 0 Å². The molecule has 0 aliphatic heterocycles. The van der Waals surface area contributed by atoms with Crippen LogP contribution in [0.3, 0.4) is 0 Å². The summed E-state index contributed by atoms with van der Waals surface area (Å²) in [7, 11) is 0. The first-order chi connectivity index (χ1) is 3.12. The quantitative estimate of drug-likeness (QED) is 0.475. The Hall–Kier alpha value is -0.470. The molecule has 0 aromatic rings. The molecule has 0 aliphatic rings. The Balaban J connectivity index is 3.58. The van der Waals surface area contributed by atoms with Crippen LogP contribution in [0.5, 0.6) is 0 Å². The van der Waals surface area contributed by atoms with Crippen molar-refractivity contribution in [2.75, 3.05) is 6.67 Å². The summed E-state index contributed by atoms with van der Waals surface area (Å²) in [6, 6.07) is 0. The largest absolute Gasteiger partial charge is 0.294 e. The van der Waals surface area contributed by atoms with Crippen LogP contribution in [0.2, 0.25) is 0 Å². The van der Waals surface area contributed by atoms with Crippen LogP contribution in [0.4, 0.5) is 13.2 Å². The first-order valence-electron chi connectivity index (χ1n) is 1.70. The van der Waals surface area contributed by atoms with Crippen LogP contribution >= 0.6 is 0 Å². The summed E-state index contributed by atoms with van der Waals surface area (Å²) in [5.41, 5.74) is 0. The maximum Gasteiger partial charge on any atom is 0.294 e. The highest BCUT2D eigenvalue weighted by Gasteiger charge is 2.22. The van der Waals surface area contributed by atoms with Crippen LogP contribution in [0, 0.1) is 0 Å². The highest BCUT2D eigenvalue weighted by Crippen LogP contribution is 2.13. The SMILES string of the molecule is C=CC(F)(F)CF. The van der Waals surface area contributed by atoms with Crippen molar-refractivity contribution in [3.63, 3.8) is 0 Å². The van der Waals surface area contributed by atoms with E-state index in [9.17, 15) is 13.2 Å². The molecule has 3 heteroatoms. The molecule has 0 fully saturated rings. The van der Waals surface area contributed by atoms with Gasteiger partial charge in [0.1, 0.15) is 0 Å². The van der Waals surface area contributed by atoms with Crippen LogP contribution < -0.4 is 0 Å². The van der Waals surface area contributed by atoms with Gasteiger partial charge in [-0.1, -0.05) is 6.58 Å². The topological polar surface area (TPSA) is 0 Å². The Bertz CT molecular complexity index is 67.3. The summed E-state index contributed by atoms with van der Waals surface area (Å²) >= 11 is 0. The fraction of sp³-hybridized carbons (Fsp3) is 0.500. The van der Waals surface area contributed by atoms with Gasteiger partial charge in [-0.3, -0.25) is 0 Å². The van der Waals surface area contributed by atoms with Gasteiger partial charge in [0.2, 0.25) is 0 Å². The van der Waals surface area contributed by atoms with Crippen LogP contribution in [-0.2, 0) is 0 Å². The van der Waals surface area contributed by atoms with E-state index in [2.05, 4.69) is 6.58 Å². The fourth-order valence-corrected chi connectivity index (χ4v) is 0.0546. The number of hydrogen-bond donors (Lipinski definition) is 0. The van der Waals surface area contributed by atoms with Gasteiger partial charge < -0.3 is 0 Å². The van der Waals surface area contributed by atoms with Crippen LogP contribution in [0.1, 0.15) is 0 Å². The third kappa shape index (κ3) is 2.25. The summed E-state index contributed by atoms with van der Waals surface area (Å²) in [6.45, 7) is 1.06. The van der Waals surface area contributed by atoms with Crippen molar-refractivity contribution in [1.82, 2.24) is 0 Å². The van der Waals surface area contributed by atoms with Crippen LogP contribution in [0.15, 0.2) is 12.7 Å². The lowest BCUT2D eigenvalue weighted by Crippen LogP contribution is -2.13. The zero-order chi connectivity index (χ0) is 5.91. The van der Waals surface area contributed by atoms with E-state index in [-0.39, 0.29) is 6.08 Å². The first-order valence-corrected chi connectivity index (χ1v) is 1.70. The van der Waals surface area contributed by atoms with Gasteiger partial charge in [0, 0.05) is 0 Å². The Morgan fingerprint density at radius 1 is 1.57 bits per heavy atom. The Morgan fingerprint density at radius 2 is 2.00 bits per heavy atom. The van der Waals surface area contributed by atoms with Gasteiger partial charge in [-0.15, -0.1) is 0 Å². The van der Waals surface area contributed by atoms with Crippen molar-refractivity contribution in [1.29, 1.82) is 0 Å². The normalized spacial score (nSPS) is 11.3. The van der Waals surface area contributed by atoms with E-state index >= 15 is 0 Å². The molecule has 42 valence electrons. The molecule has 0 N–H and O–H groups in total. The van der Waals surface area contributed by atoms with Gasteiger partial charge in [0.05, 0.1) is 0 Å². The molecule has 0 radical (unpaired) electrons. The minimum atomic E-state index is -3.32. The first kappa shape index (κ1) is 6.53. The maximum atomic E-state index is 11.4. The molecule has 0 atom stereocenters. The zero-order valence-electron chi connectivity index (χ0n) is 3.63. The van der Waals surface area contributed by atoms with Crippen molar-refractivity contribution in [3.05, 3.63) is 12.7 Å². The molecule has 0 aliphatic carbocycles. The molecule has 0 saturated carbocycles. The van der Waals surface area contributed by atoms with Crippen LogP contribution in [0.25, 0.3) is 0 Å². The second-order valence-corrected chi connectivity index (χ2v) is 1.10. The van der Waals surface area contributed by atoms with Crippen LogP contribution in [-0.4, -0.2) is 12.6 Å². The highest BCUT2D eigenvalue weighted by molar-refractivity contribution is 4.85. The minimum absolute atomic E-state index is 0.285. The van der Waals surface area contributed by atoms with Gasteiger partial charge in [0.15, 0.2) is 6.67 Å². The second-order valence-electron chi connectivity index (χ2n) is 1.10. The molecule has 7 heavy (non-hydrogen) atoms. The lowest BCUT2D eigenvalue weighted by atomic mass is 10.4. The molecule has 0 aromatic carbocycles. The predicted octanol–water partition coefficient (Wildman–Crippen LogP) is 1.78. The van der Waals surface area contributed by atoms with Gasteiger partial charge >= 0.3 is 0 Å². The Kier molecular flexibility index (Phi) is 1.87. The number of halogens is 3. The molecular formula is C4H5F3. The average Bonchev–Trinajstić information content (AvgIpc) is 1.68. The van der Waals surface area contributed by atoms with Crippen molar-refractivity contribution in [2.24, 2.45) is 0 Å². The third-order valence-corrected chi connectivity index (χ3v) is 0.477. The molecule has 0 rings (SSSR count). The van der Waals surface area contributed by atoms with Gasteiger partial charge in [-0.2, -0.15) is 8.78 Å². The van der Waals surface area contributed by atoms with E-state index in [1.165, 1.54) is 0 Å². The number of alkyl halides is 3. The highest BCUT2D eigenvalue weighted by atomic mass is 19.3. The van der Waals surface area contributed by atoms with E-state index in [0.29, 0.717) is 0 Å². The van der Waals surface area contributed by atoms with E-state index in [0.717, 1.165) is 0 Å². The molecule has 0 spiro atoms. The Labute approximate surface area is 39.6 Å². The monoisotopic (exact) mass is 110 g/mol. The summed E-state index contributed by atoms with van der Waals surface area (Å²) in [5, 5.41) is 0. The molecule has 0 bridgehead atoms. The van der Waals surface area contributed by atoms with Gasteiger partial charge in [-0.05, 0) is 6.08 Å².